The minimum Gasteiger partial charge on any atom is -0.211 e. The molecule has 0 fully saturated rings. The number of benzene rings is 2. The van der Waals surface area contributed by atoms with E-state index in [2.05, 4.69) is 74.5 Å². The van der Waals surface area contributed by atoms with Gasteiger partial charge in [-0.2, -0.15) is 47.0 Å². The topological polar surface area (TPSA) is 0 Å². The summed E-state index contributed by atoms with van der Waals surface area (Å²) in [4.78, 5) is 0. The minimum absolute atomic E-state index is 0. The Morgan fingerprint density at radius 3 is 1.83 bits per heavy atom. The van der Waals surface area contributed by atoms with Crippen LogP contribution in [0.4, 0.5) is 0 Å². The van der Waals surface area contributed by atoms with Crippen LogP contribution in [0.5, 0.6) is 0 Å². The van der Waals surface area contributed by atoms with E-state index in [0.717, 1.165) is 6.42 Å². The Kier molecular flexibility index (Phi) is 11.2. The molecule has 0 heterocycles. The molecule has 0 spiro atoms. The molecule has 0 unspecified atom stereocenters. The molecule has 0 atom stereocenters. The van der Waals surface area contributed by atoms with E-state index in [4.69, 9.17) is 23.2 Å². The molecule has 3 aromatic carbocycles. The van der Waals surface area contributed by atoms with Gasteiger partial charge in [0.25, 0.3) is 0 Å². The summed E-state index contributed by atoms with van der Waals surface area (Å²) >= 11 is 11.9. The molecule has 4 rings (SSSR count). The molecule has 0 saturated heterocycles. The Balaban J connectivity index is 0.000000235. The Labute approximate surface area is 212 Å². The number of aryl methyl sites for hydroxylation is 2. The number of rotatable bonds is 2. The van der Waals surface area contributed by atoms with Crippen LogP contribution in [0.15, 0.2) is 60.7 Å². The fourth-order valence-electron chi connectivity index (χ4n) is 3.38. The van der Waals surface area contributed by atoms with E-state index >= 15 is 0 Å². The van der Waals surface area contributed by atoms with Crippen LogP contribution in [0.3, 0.4) is 0 Å². The molecule has 0 amide bonds. The van der Waals surface area contributed by atoms with Gasteiger partial charge >= 0.3 is 26.2 Å². The van der Waals surface area contributed by atoms with Crippen molar-refractivity contribution in [3.05, 3.63) is 89.0 Å². The van der Waals surface area contributed by atoms with Gasteiger partial charge in [-0.25, -0.2) is 12.1 Å². The summed E-state index contributed by atoms with van der Waals surface area (Å²) in [6, 6.07) is 24.5. The molecule has 0 nitrogen and oxygen atoms in total. The molecule has 3 heteroatoms. The normalized spacial score (nSPS) is 11.5. The largest absolute Gasteiger partial charge is 2.00 e. The first-order valence-corrected chi connectivity index (χ1v) is 11.0. The third kappa shape index (κ3) is 7.44. The maximum Gasteiger partial charge on any atom is 2.00 e. The summed E-state index contributed by atoms with van der Waals surface area (Å²) in [7, 11) is 0. The molecule has 0 N–H and O–H groups in total. The second kappa shape index (κ2) is 12.3. The molecule has 30 heavy (non-hydrogen) atoms. The van der Waals surface area contributed by atoms with Gasteiger partial charge in [-0.3, -0.25) is 0 Å². The van der Waals surface area contributed by atoms with Crippen LogP contribution in [0, 0.1) is 31.7 Å². The zero-order chi connectivity index (χ0) is 21.6. The van der Waals surface area contributed by atoms with Gasteiger partial charge < -0.3 is 0 Å². The SMILES string of the molecule is CC(C)C(Cl)(Cl)C(C)C.Cc1ccc(C)[cH-]1.[Zr+2].[c-]1cccc2c1Cc1ccccc1-2. The van der Waals surface area contributed by atoms with Crippen molar-refractivity contribution in [2.24, 2.45) is 11.8 Å². The molecule has 158 valence electrons. The van der Waals surface area contributed by atoms with Crippen molar-refractivity contribution in [3.8, 4) is 11.1 Å². The number of fused-ring (bicyclic) bond motifs is 3. The van der Waals surface area contributed by atoms with Crippen molar-refractivity contribution in [3.63, 3.8) is 0 Å². The van der Waals surface area contributed by atoms with Gasteiger partial charge in [-0.05, 0) is 18.3 Å². The minimum atomic E-state index is -0.556. The van der Waals surface area contributed by atoms with Crippen LogP contribution in [0.1, 0.15) is 49.9 Å². The average molecular weight is 519 g/mol. The molecule has 0 saturated carbocycles. The summed E-state index contributed by atoms with van der Waals surface area (Å²) in [5, 5.41) is 0. The third-order valence-corrected chi connectivity index (χ3v) is 6.97. The second-order valence-corrected chi connectivity index (χ2v) is 9.79. The molecular weight excluding hydrogens is 486 g/mol. The molecule has 0 radical (unpaired) electrons. The van der Waals surface area contributed by atoms with Crippen molar-refractivity contribution >= 4 is 23.2 Å². The van der Waals surface area contributed by atoms with Gasteiger partial charge in [0.15, 0.2) is 0 Å². The monoisotopic (exact) mass is 516 g/mol. The first-order chi connectivity index (χ1) is 13.6. The van der Waals surface area contributed by atoms with Crippen LogP contribution in [0.2, 0.25) is 0 Å². The zero-order valence-electron chi connectivity index (χ0n) is 18.9. The Morgan fingerprint density at radius 1 is 0.833 bits per heavy atom. The molecule has 0 bridgehead atoms. The van der Waals surface area contributed by atoms with Crippen molar-refractivity contribution in [2.75, 3.05) is 0 Å². The van der Waals surface area contributed by atoms with Crippen molar-refractivity contribution in [1.82, 2.24) is 0 Å². The van der Waals surface area contributed by atoms with E-state index in [9.17, 15) is 0 Å². The third-order valence-electron chi connectivity index (χ3n) is 5.22. The summed E-state index contributed by atoms with van der Waals surface area (Å²) in [6.07, 6.45) is 1.05. The molecule has 1 aliphatic carbocycles. The van der Waals surface area contributed by atoms with Crippen molar-refractivity contribution in [1.29, 1.82) is 0 Å². The maximum atomic E-state index is 5.97. The summed E-state index contributed by atoms with van der Waals surface area (Å²) < 4.78 is -0.556. The van der Waals surface area contributed by atoms with E-state index < -0.39 is 4.33 Å². The van der Waals surface area contributed by atoms with Gasteiger partial charge in [0, 0.05) is 0 Å². The van der Waals surface area contributed by atoms with E-state index in [1.165, 1.54) is 33.4 Å². The number of alkyl halides is 2. The Bertz CT molecular complexity index is 836. The molecule has 3 aromatic rings. The van der Waals surface area contributed by atoms with Crippen molar-refractivity contribution in [2.45, 2.75) is 52.3 Å². The first-order valence-electron chi connectivity index (χ1n) is 10.3. The number of hydrogen-bond donors (Lipinski definition) is 0. The fraction of sp³-hybridized carbons (Fsp3) is 0.370. The molecule has 0 aromatic heterocycles. The van der Waals surface area contributed by atoms with Gasteiger partial charge in [0.2, 0.25) is 0 Å². The van der Waals surface area contributed by atoms with Crippen LogP contribution in [0.25, 0.3) is 11.1 Å². The first kappa shape index (κ1) is 27.3. The van der Waals surface area contributed by atoms with E-state index in [-0.39, 0.29) is 26.2 Å². The van der Waals surface area contributed by atoms with Gasteiger partial charge in [0.1, 0.15) is 4.33 Å². The molecular formula is C27H32Cl2Zr. The Hall–Kier alpha value is -0.747. The standard InChI is InChI=1S/C13H9.C7H14Cl2.C7H9.Zr/c1-3-7-12-10(5-1)9-11-6-2-4-8-13(11)12;1-5(2)7(8,9)6(3)4;1-6-3-4-7(2)5-6;/h1-5,7-8H,9H2;5-6H,1-4H3;3-5H,1-2H3;/q-1;;-1;+2. The quantitative estimate of drug-likeness (QED) is 0.184. The van der Waals surface area contributed by atoms with Crippen LogP contribution in [-0.4, -0.2) is 4.33 Å². The summed E-state index contributed by atoms with van der Waals surface area (Å²) in [5.41, 5.74) is 8.23. The Morgan fingerprint density at radius 2 is 1.37 bits per heavy atom. The predicted octanol–water partition coefficient (Wildman–Crippen LogP) is 8.55. The van der Waals surface area contributed by atoms with Crippen LogP contribution in [-0.2, 0) is 32.6 Å². The summed E-state index contributed by atoms with van der Waals surface area (Å²) in [6.45, 7) is 12.3. The fourth-order valence-corrected chi connectivity index (χ4v) is 3.38. The smallest absolute Gasteiger partial charge is 0.211 e. The number of halogens is 2. The molecule has 1 aliphatic rings. The average Bonchev–Trinajstić information content (AvgIpc) is 3.24. The van der Waals surface area contributed by atoms with Gasteiger partial charge in [-0.1, -0.05) is 76.9 Å². The zero-order valence-corrected chi connectivity index (χ0v) is 22.9. The predicted molar refractivity (Wildman–Crippen MR) is 129 cm³/mol. The number of hydrogen-bond acceptors (Lipinski definition) is 0. The second-order valence-electron chi connectivity index (χ2n) is 8.35. The van der Waals surface area contributed by atoms with Crippen LogP contribution < -0.4 is 0 Å². The maximum absolute atomic E-state index is 5.97. The van der Waals surface area contributed by atoms with Gasteiger partial charge in [-0.15, -0.1) is 28.8 Å². The molecule has 0 aliphatic heterocycles. The van der Waals surface area contributed by atoms with Crippen molar-refractivity contribution < 1.29 is 26.2 Å². The summed E-state index contributed by atoms with van der Waals surface area (Å²) in [5.74, 6) is 0.640. The van der Waals surface area contributed by atoms with E-state index in [1.54, 1.807) is 0 Å². The van der Waals surface area contributed by atoms with E-state index in [1.807, 2.05) is 33.8 Å². The van der Waals surface area contributed by atoms with Gasteiger partial charge in [0.05, 0.1) is 0 Å². The van der Waals surface area contributed by atoms with E-state index in [0.29, 0.717) is 11.8 Å². The van der Waals surface area contributed by atoms with Crippen LogP contribution >= 0.6 is 23.2 Å².